The molecule has 0 spiro atoms. The maximum atomic E-state index is 12.0. The Morgan fingerprint density at radius 2 is 2.11 bits per heavy atom. The predicted molar refractivity (Wildman–Crippen MR) is 68.2 cm³/mol. The second-order valence-corrected chi connectivity index (χ2v) is 6.28. The first kappa shape index (κ1) is 14.3. The predicted octanol–water partition coefficient (Wildman–Crippen LogP) is -0.300. The topological polar surface area (TPSA) is 113 Å². The van der Waals surface area contributed by atoms with Crippen molar-refractivity contribution in [1.29, 1.82) is 0 Å². The van der Waals surface area contributed by atoms with Crippen LogP contribution < -0.4 is 11.1 Å². The van der Waals surface area contributed by atoms with E-state index in [1.165, 1.54) is 0 Å². The number of fused-ring (bicyclic) bond motifs is 1. The first-order valence-electron chi connectivity index (χ1n) is 6.77. The number of nitrogens with two attached hydrogens (primary N) is 1. The van der Waals surface area contributed by atoms with Crippen LogP contribution in [0.15, 0.2) is 0 Å². The number of carboxylic acid groups (broad SMARTS) is 1. The van der Waals surface area contributed by atoms with E-state index in [1.807, 2.05) is 13.8 Å². The quantitative estimate of drug-likeness (QED) is 0.548. The zero-order chi connectivity index (χ0) is 14.4. The van der Waals surface area contributed by atoms with Gasteiger partial charge in [-0.1, -0.05) is 13.8 Å². The largest absolute Gasteiger partial charge is 0.479 e. The molecule has 2 aliphatic carbocycles. The molecule has 0 aliphatic heterocycles. The summed E-state index contributed by atoms with van der Waals surface area (Å²) in [5, 5.41) is 21.8. The van der Waals surface area contributed by atoms with Gasteiger partial charge in [-0.05, 0) is 30.6 Å². The number of amides is 1. The summed E-state index contributed by atoms with van der Waals surface area (Å²) in [5.74, 6) is -1.38. The zero-order valence-electron chi connectivity index (χ0n) is 11.3. The van der Waals surface area contributed by atoms with Gasteiger partial charge in [0.1, 0.15) is 5.54 Å². The van der Waals surface area contributed by atoms with Gasteiger partial charge in [0.05, 0.1) is 12.1 Å². The Labute approximate surface area is 112 Å². The number of carboxylic acids is 1. The molecule has 0 heterocycles. The molecule has 0 bridgehead atoms. The average molecular weight is 270 g/mol. The third-order valence-corrected chi connectivity index (χ3v) is 4.29. The minimum atomic E-state index is -1.32. The molecule has 5 N–H and O–H groups in total. The Balaban J connectivity index is 2.07. The van der Waals surface area contributed by atoms with Crippen LogP contribution in [0.1, 0.15) is 33.1 Å². The van der Waals surface area contributed by atoms with Crippen molar-refractivity contribution in [3.05, 3.63) is 0 Å². The summed E-state index contributed by atoms with van der Waals surface area (Å²) < 4.78 is 0. The molecule has 19 heavy (non-hydrogen) atoms. The van der Waals surface area contributed by atoms with Gasteiger partial charge in [-0.3, -0.25) is 4.79 Å². The Morgan fingerprint density at radius 1 is 1.47 bits per heavy atom. The van der Waals surface area contributed by atoms with E-state index in [9.17, 15) is 19.8 Å². The molecule has 0 saturated heterocycles. The van der Waals surface area contributed by atoms with Crippen LogP contribution in [0, 0.1) is 17.8 Å². The lowest BCUT2D eigenvalue weighted by molar-refractivity contribution is -0.149. The minimum Gasteiger partial charge on any atom is -0.479 e. The smallest absolute Gasteiger partial charge is 0.329 e. The molecule has 2 fully saturated rings. The van der Waals surface area contributed by atoms with Crippen LogP contribution in [0.4, 0.5) is 0 Å². The molecule has 2 rings (SSSR count). The highest BCUT2D eigenvalue weighted by molar-refractivity contribution is 5.90. The van der Waals surface area contributed by atoms with Crippen LogP contribution in [-0.4, -0.2) is 39.8 Å². The van der Waals surface area contributed by atoms with Gasteiger partial charge in [-0.2, -0.15) is 0 Å². The number of carbonyl (C=O) groups is 2. The van der Waals surface area contributed by atoms with Crippen molar-refractivity contribution >= 4 is 11.9 Å². The third-order valence-electron chi connectivity index (χ3n) is 4.29. The van der Waals surface area contributed by atoms with Crippen molar-refractivity contribution in [2.24, 2.45) is 23.5 Å². The molecule has 6 nitrogen and oxygen atoms in total. The number of carbonyl (C=O) groups excluding carboxylic acids is 1. The summed E-state index contributed by atoms with van der Waals surface area (Å²) in [6.07, 6.45) is 0.617. The number of hydrogen-bond donors (Lipinski definition) is 4. The van der Waals surface area contributed by atoms with Gasteiger partial charge in [0, 0.05) is 6.42 Å². The van der Waals surface area contributed by atoms with Crippen LogP contribution in [0.25, 0.3) is 0 Å². The number of rotatable bonds is 5. The second-order valence-electron chi connectivity index (χ2n) is 6.28. The first-order valence-corrected chi connectivity index (χ1v) is 6.77. The summed E-state index contributed by atoms with van der Waals surface area (Å²) in [7, 11) is 0. The number of nitrogens with one attached hydrogen (secondary N) is 1. The molecule has 1 amide bonds. The van der Waals surface area contributed by atoms with E-state index in [2.05, 4.69) is 5.32 Å². The van der Waals surface area contributed by atoms with E-state index in [1.54, 1.807) is 0 Å². The van der Waals surface area contributed by atoms with E-state index in [4.69, 9.17) is 5.73 Å². The second kappa shape index (κ2) is 4.76. The highest BCUT2D eigenvalue weighted by Gasteiger charge is 2.67. The van der Waals surface area contributed by atoms with Crippen LogP contribution in [-0.2, 0) is 9.59 Å². The number of aliphatic carboxylic acids is 1. The summed E-state index contributed by atoms with van der Waals surface area (Å²) in [6, 6.07) is -0.703. The van der Waals surface area contributed by atoms with Crippen LogP contribution >= 0.6 is 0 Å². The lowest BCUT2D eigenvalue weighted by atomic mass is 9.91. The van der Waals surface area contributed by atoms with Crippen molar-refractivity contribution in [3.8, 4) is 0 Å². The molecule has 0 radical (unpaired) electrons. The highest BCUT2D eigenvalue weighted by atomic mass is 16.4. The lowest BCUT2D eigenvalue weighted by Gasteiger charge is -2.29. The summed E-state index contributed by atoms with van der Waals surface area (Å²) in [6.45, 7) is 3.91. The molecule has 0 aromatic rings. The number of aliphatic hydroxyl groups excluding tert-OH is 1. The molecular weight excluding hydrogens is 248 g/mol. The molecule has 5 atom stereocenters. The molecule has 2 saturated carbocycles. The SMILES string of the molecule is CC(C)C[C@H](N)C(=O)N[C@@]1(C(=O)O)C[C@H](O)[C@H]2C[C@H]21. The molecule has 0 aromatic carbocycles. The van der Waals surface area contributed by atoms with E-state index in [0.717, 1.165) is 0 Å². The van der Waals surface area contributed by atoms with Crippen molar-refractivity contribution in [2.45, 2.75) is 50.8 Å². The third kappa shape index (κ3) is 2.47. The Bertz CT molecular complexity index is 398. The van der Waals surface area contributed by atoms with Crippen LogP contribution in [0.3, 0.4) is 0 Å². The van der Waals surface area contributed by atoms with Gasteiger partial charge < -0.3 is 21.3 Å². The Hall–Kier alpha value is -1.14. The normalized spacial score (nSPS) is 37.8. The van der Waals surface area contributed by atoms with Gasteiger partial charge >= 0.3 is 5.97 Å². The van der Waals surface area contributed by atoms with Crippen molar-refractivity contribution in [1.82, 2.24) is 5.32 Å². The maximum Gasteiger partial charge on any atom is 0.329 e. The Kier molecular flexibility index (Phi) is 3.57. The molecule has 6 heteroatoms. The van der Waals surface area contributed by atoms with Crippen LogP contribution in [0.5, 0.6) is 0 Å². The van der Waals surface area contributed by atoms with E-state index >= 15 is 0 Å². The average Bonchev–Trinajstić information content (AvgIpc) is 3.01. The zero-order valence-corrected chi connectivity index (χ0v) is 11.3. The van der Waals surface area contributed by atoms with Gasteiger partial charge in [0.2, 0.25) is 5.91 Å². The van der Waals surface area contributed by atoms with Crippen molar-refractivity contribution in [2.75, 3.05) is 0 Å². The molecular formula is C13H22N2O4. The standard InChI is InChI=1S/C13H22N2O4/c1-6(2)3-9(14)11(17)15-13(12(18)19)5-10(16)7-4-8(7)13/h6-10,16H,3-5,14H2,1-2H3,(H,15,17)(H,18,19)/t7-,8+,9-,10-,13-/m0/s1. The summed E-state index contributed by atoms with van der Waals surface area (Å²) >= 11 is 0. The highest BCUT2D eigenvalue weighted by Crippen LogP contribution is 2.57. The van der Waals surface area contributed by atoms with Crippen molar-refractivity contribution < 1.29 is 19.8 Å². The summed E-state index contributed by atoms with van der Waals surface area (Å²) in [4.78, 5) is 23.6. The first-order chi connectivity index (χ1) is 8.78. The molecule has 2 aliphatic rings. The van der Waals surface area contributed by atoms with Crippen LogP contribution in [0.2, 0.25) is 0 Å². The van der Waals surface area contributed by atoms with Gasteiger partial charge in [-0.25, -0.2) is 4.79 Å². The monoisotopic (exact) mass is 270 g/mol. The summed E-state index contributed by atoms with van der Waals surface area (Å²) in [5.41, 5.74) is 4.46. The van der Waals surface area contributed by atoms with Gasteiger partial charge in [0.25, 0.3) is 0 Å². The fraction of sp³-hybridized carbons (Fsp3) is 0.846. The van der Waals surface area contributed by atoms with Gasteiger partial charge in [-0.15, -0.1) is 0 Å². The molecule has 0 aromatic heterocycles. The number of hydrogen-bond acceptors (Lipinski definition) is 4. The maximum absolute atomic E-state index is 12.0. The Morgan fingerprint density at radius 3 is 2.47 bits per heavy atom. The van der Waals surface area contributed by atoms with Crippen molar-refractivity contribution in [3.63, 3.8) is 0 Å². The van der Waals surface area contributed by atoms with E-state index < -0.39 is 29.6 Å². The fourth-order valence-electron chi connectivity index (χ4n) is 3.21. The fourth-order valence-corrected chi connectivity index (χ4v) is 3.21. The number of aliphatic hydroxyl groups is 1. The molecule has 0 unspecified atom stereocenters. The van der Waals surface area contributed by atoms with E-state index in [-0.39, 0.29) is 24.2 Å². The van der Waals surface area contributed by atoms with E-state index in [0.29, 0.717) is 12.8 Å². The lowest BCUT2D eigenvalue weighted by Crippen LogP contribution is -2.59. The minimum absolute atomic E-state index is 0.0118. The molecule has 108 valence electrons. The van der Waals surface area contributed by atoms with Gasteiger partial charge in [0.15, 0.2) is 0 Å².